The van der Waals surface area contributed by atoms with E-state index in [1.54, 1.807) is 0 Å². The van der Waals surface area contributed by atoms with Crippen LogP contribution < -0.4 is 5.32 Å². The van der Waals surface area contributed by atoms with E-state index in [0.29, 0.717) is 25.7 Å². The molecule has 2 aliphatic heterocycles. The summed E-state index contributed by atoms with van der Waals surface area (Å²) in [6, 6.07) is 6.44. The number of likely N-dealkylation sites (tertiary alicyclic amines) is 1. The summed E-state index contributed by atoms with van der Waals surface area (Å²) in [5.74, 6) is 0.234. The number of piperazine rings is 1. The van der Waals surface area contributed by atoms with Crippen LogP contribution in [0.1, 0.15) is 44.2 Å². The molecule has 6 heteroatoms. The summed E-state index contributed by atoms with van der Waals surface area (Å²) in [4.78, 5) is 31.4. The molecule has 0 radical (unpaired) electrons. The number of piperidine rings is 1. The summed E-state index contributed by atoms with van der Waals surface area (Å²) in [6.45, 7) is 10.4. The van der Waals surface area contributed by atoms with Gasteiger partial charge in [-0.2, -0.15) is 0 Å². The van der Waals surface area contributed by atoms with Crippen LogP contribution in [-0.2, 0) is 11.2 Å². The van der Waals surface area contributed by atoms with E-state index in [2.05, 4.69) is 30.1 Å². The van der Waals surface area contributed by atoms with Gasteiger partial charge in [0.2, 0.25) is 5.91 Å². The summed E-state index contributed by atoms with van der Waals surface area (Å²) in [5, 5.41) is 3.11. The highest BCUT2D eigenvalue weighted by atomic mass is 16.2. The minimum absolute atomic E-state index is 0.0420. The third-order valence-electron chi connectivity index (χ3n) is 6.11. The van der Waals surface area contributed by atoms with Gasteiger partial charge in [-0.15, -0.1) is 0 Å². The normalized spacial score (nSPS) is 20.9. The average molecular weight is 387 g/mol. The zero-order valence-corrected chi connectivity index (χ0v) is 17.5. The smallest absolute Gasteiger partial charge is 0.321 e. The Morgan fingerprint density at radius 1 is 1.11 bits per heavy atom. The number of nitrogens with zero attached hydrogens (tertiary/aromatic N) is 3. The number of amides is 3. The Hall–Kier alpha value is -2.08. The van der Waals surface area contributed by atoms with E-state index in [-0.39, 0.29) is 11.9 Å². The molecular formula is C22H34N4O2. The zero-order valence-electron chi connectivity index (χ0n) is 17.5. The number of benzene rings is 1. The van der Waals surface area contributed by atoms with Crippen LogP contribution in [0.2, 0.25) is 0 Å². The number of anilines is 1. The second kappa shape index (κ2) is 9.41. The predicted octanol–water partition coefficient (Wildman–Crippen LogP) is 3.11. The van der Waals surface area contributed by atoms with Crippen LogP contribution in [0.15, 0.2) is 18.2 Å². The quantitative estimate of drug-likeness (QED) is 0.865. The lowest BCUT2D eigenvalue weighted by Gasteiger charge is -2.38. The minimum atomic E-state index is -0.0420. The molecule has 28 heavy (non-hydrogen) atoms. The number of hydrogen-bond acceptors (Lipinski definition) is 3. The van der Waals surface area contributed by atoms with E-state index in [1.165, 1.54) is 6.42 Å². The molecule has 0 aliphatic carbocycles. The topological polar surface area (TPSA) is 55.9 Å². The Kier molecular flexibility index (Phi) is 6.94. The molecule has 0 spiro atoms. The SMILES string of the molecule is CCc1cccc(C)c1NC(=O)N1CCN(CC(=O)N2CCCCC2C)CC1. The van der Waals surface area contributed by atoms with Gasteiger partial charge in [-0.05, 0) is 50.7 Å². The van der Waals surface area contributed by atoms with Gasteiger partial charge in [0.15, 0.2) is 0 Å². The van der Waals surface area contributed by atoms with Gasteiger partial charge in [0.25, 0.3) is 0 Å². The van der Waals surface area contributed by atoms with Crippen molar-refractivity contribution in [3.8, 4) is 0 Å². The first kappa shape index (κ1) is 20.6. The average Bonchev–Trinajstić information content (AvgIpc) is 2.70. The summed E-state index contributed by atoms with van der Waals surface area (Å²) in [6.07, 6.45) is 4.34. The Bertz CT molecular complexity index is 698. The molecule has 2 heterocycles. The second-order valence-electron chi connectivity index (χ2n) is 8.09. The van der Waals surface area contributed by atoms with Gasteiger partial charge in [0.05, 0.1) is 6.54 Å². The van der Waals surface area contributed by atoms with Crippen LogP contribution in [0.4, 0.5) is 10.5 Å². The number of urea groups is 1. The second-order valence-corrected chi connectivity index (χ2v) is 8.09. The number of carbonyl (C=O) groups is 2. The fourth-order valence-corrected chi connectivity index (χ4v) is 4.25. The van der Waals surface area contributed by atoms with Gasteiger partial charge in [-0.1, -0.05) is 25.1 Å². The van der Waals surface area contributed by atoms with Crippen LogP contribution in [0.3, 0.4) is 0 Å². The molecule has 2 fully saturated rings. The van der Waals surface area contributed by atoms with Crippen LogP contribution in [-0.4, -0.2) is 71.9 Å². The number of nitrogens with one attached hydrogen (secondary N) is 1. The fourth-order valence-electron chi connectivity index (χ4n) is 4.25. The largest absolute Gasteiger partial charge is 0.339 e. The van der Waals surface area contributed by atoms with Crippen molar-refractivity contribution in [2.24, 2.45) is 0 Å². The van der Waals surface area contributed by atoms with E-state index in [4.69, 9.17) is 0 Å². The molecule has 3 amide bonds. The predicted molar refractivity (Wildman–Crippen MR) is 113 cm³/mol. The van der Waals surface area contributed by atoms with Gasteiger partial charge in [-0.25, -0.2) is 4.79 Å². The van der Waals surface area contributed by atoms with Crippen LogP contribution >= 0.6 is 0 Å². The first-order chi connectivity index (χ1) is 13.5. The van der Waals surface area contributed by atoms with Gasteiger partial charge in [0, 0.05) is 44.5 Å². The number of para-hydroxylation sites is 1. The molecule has 2 saturated heterocycles. The van der Waals surface area contributed by atoms with Crippen molar-refractivity contribution >= 4 is 17.6 Å². The molecule has 1 unspecified atom stereocenters. The molecule has 154 valence electrons. The van der Waals surface area contributed by atoms with E-state index in [0.717, 1.165) is 55.7 Å². The van der Waals surface area contributed by atoms with E-state index in [1.807, 2.05) is 28.9 Å². The maximum atomic E-state index is 12.7. The number of rotatable bonds is 4. The van der Waals surface area contributed by atoms with Crippen LogP contribution in [0.5, 0.6) is 0 Å². The van der Waals surface area contributed by atoms with Crippen molar-refractivity contribution in [1.82, 2.24) is 14.7 Å². The molecule has 0 saturated carbocycles. The van der Waals surface area contributed by atoms with Crippen molar-refractivity contribution in [3.05, 3.63) is 29.3 Å². The summed E-state index contributed by atoms with van der Waals surface area (Å²) >= 11 is 0. The van der Waals surface area contributed by atoms with Crippen molar-refractivity contribution in [2.75, 3.05) is 44.6 Å². The van der Waals surface area contributed by atoms with Crippen molar-refractivity contribution in [2.45, 2.75) is 52.5 Å². The van der Waals surface area contributed by atoms with E-state index < -0.39 is 0 Å². The van der Waals surface area contributed by atoms with Gasteiger partial charge in [-0.3, -0.25) is 9.69 Å². The Balaban J connectivity index is 1.50. The highest BCUT2D eigenvalue weighted by molar-refractivity contribution is 5.91. The third kappa shape index (κ3) is 4.85. The lowest BCUT2D eigenvalue weighted by molar-refractivity contribution is -0.136. The number of hydrogen-bond donors (Lipinski definition) is 1. The molecule has 0 aromatic heterocycles. The highest BCUT2D eigenvalue weighted by Gasteiger charge is 2.27. The molecule has 1 aromatic rings. The highest BCUT2D eigenvalue weighted by Crippen LogP contribution is 2.22. The first-order valence-corrected chi connectivity index (χ1v) is 10.7. The molecule has 3 rings (SSSR count). The molecule has 2 aliphatic rings. The molecule has 0 bridgehead atoms. The number of aryl methyl sites for hydroxylation is 2. The van der Waals surface area contributed by atoms with Crippen molar-refractivity contribution < 1.29 is 9.59 Å². The van der Waals surface area contributed by atoms with Crippen molar-refractivity contribution in [3.63, 3.8) is 0 Å². The molecule has 6 nitrogen and oxygen atoms in total. The fraction of sp³-hybridized carbons (Fsp3) is 0.636. The standard InChI is InChI=1S/C22H34N4O2/c1-4-19-10-7-8-17(2)21(19)23-22(28)25-14-12-24(13-15-25)16-20(27)26-11-6-5-9-18(26)3/h7-8,10,18H,4-6,9,11-16H2,1-3H3,(H,23,28). The van der Waals surface area contributed by atoms with Gasteiger partial charge < -0.3 is 15.1 Å². The summed E-state index contributed by atoms with van der Waals surface area (Å²) in [5.41, 5.74) is 3.19. The maximum Gasteiger partial charge on any atom is 0.321 e. The van der Waals surface area contributed by atoms with Gasteiger partial charge in [0.1, 0.15) is 0 Å². The summed E-state index contributed by atoms with van der Waals surface area (Å²) < 4.78 is 0. The summed E-state index contributed by atoms with van der Waals surface area (Å²) in [7, 11) is 0. The molecular weight excluding hydrogens is 352 g/mol. The Labute approximate surface area is 168 Å². The van der Waals surface area contributed by atoms with E-state index >= 15 is 0 Å². The van der Waals surface area contributed by atoms with Gasteiger partial charge >= 0.3 is 6.03 Å². The van der Waals surface area contributed by atoms with Crippen molar-refractivity contribution in [1.29, 1.82) is 0 Å². The number of carbonyl (C=O) groups excluding carboxylic acids is 2. The lowest BCUT2D eigenvalue weighted by Crippen LogP contribution is -2.53. The first-order valence-electron chi connectivity index (χ1n) is 10.7. The lowest BCUT2D eigenvalue weighted by atomic mass is 10.0. The maximum absolute atomic E-state index is 12.7. The molecule has 1 aromatic carbocycles. The molecule has 1 N–H and O–H groups in total. The monoisotopic (exact) mass is 386 g/mol. The zero-order chi connectivity index (χ0) is 20.1. The molecule has 1 atom stereocenters. The third-order valence-corrected chi connectivity index (χ3v) is 6.11. The van der Waals surface area contributed by atoms with E-state index in [9.17, 15) is 9.59 Å². The minimum Gasteiger partial charge on any atom is -0.339 e. The van der Waals surface area contributed by atoms with Crippen LogP contribution in [0.25, 0.3) is 0 Å². The Morgan fingerprint density at radius 2 is 1.86 bits per heavy atom. The van der Waals surface area contributed by atoms with Crippen LogP contribution in [0, 0.1) is 6.92 Å². The Morgan fingerprint density at radius 3 is 2.54 bits per heavy atom.